The standard InChI is InChI=1S/C8H14O8/c9-1-3(11)5(13)7(15)8(16)6(14)4(12)2-10/h3-6,9-14H,1-2H2. The van der Waals surface area contributed by atoms with Gasteiger partial charge in [0.25, 0.3) is 0 Å². The van der Waals surface area contributed by atoms with Gasteiger partial charge in [0.1, 0.15) is 24.4 Å². The average Bonchev–Trinajstić information content (AvgIpc) is 2.32. The molecule has 0 bridgehead atoms. The van der Waals surface area contributed by atoms with Crippen LogP contribution in [0.4, 0.5) is 0 Å². The normalized spacial score (nSPS) is 18.6. The van der Waals surface area contributed by atoms with Crippen LogP contribution >= 0.6 is 0 Å². The third kappa shape index (κ3) is 3.59. The summed E-state index contributed by atoms with van der Waals surface area (Å²) in [4.78, 5) is 22.2. The van der Waals surface area contributed by atoms with Gasteiger partial charge in [-0.2, -0.15) is 0 Å². The highest BCUT2D eigenvalue weighted by molar-refractivity contribution is 6.40. The van der Waals surface area contributed by atoms with Crippen molar-refractivity contribution in [2.45, 2.75) is 24.4 Å². The van der Waals surface area contributed by atoms with Crippen molar-refractivity contribution in [3.8, 4) is 0 Å². The van der Waals surface area contributed by atoms with Gasteiger partial charge in [-0.05, 0) is 0 Å². The minimum absolute atomic E-state index is 0.946. The minimum Gasteiger partial charge on any atom is -0.394 e. The SMILES string of the molecule is O=C(C(=O)C(O)C(O)CO)C(O)C(O)CO. The third-order valence-electron chi connectivity index (χ3n) is 1.88. The van der Waals surface area contributed by atoms with E-state index in [0.29, 0.717) is 0 Å². The van der Waals surface area contributed by atoms with Crippen molar-refractivity contribution < 1.29 is 40.2 Å². The van der Waals surface area contributed by atoms with Crippen LogP contribution in [0, 0.1) is 0 Å². The van der Waals surface area contributed by atoms with Crippen molar-refractivity contribution in [1.29, 1.82) is 0 Å². The van der Waals surface area contributed by atoms with Gasteiger partial charge in [0.2, 0.25) is 11.6 Å². The lowest BCUT2D eigenvalue weighted by Gasteiger charge is -2.17. The van der Waals surface area contributed by atoms with Gasteiger partial charge in [-0.25, -0.2) is 0 Å². The first-order chi connectivity index (χ1) is 7.36. The highest BCUT2D eigenvalue weighted by Crippen LogP contribution is 2.02. The summed E-state index contributed by atoms with van der Waals surface area (Å²) in [6.07, 6.45) is -8.07. The topological polar surface area (TPSA) is 156 Å². The molecule has 0 saturated carbocycles. The largest absolute Gasteiger partial charge is 0.394 e. The predicted molar refractivity (Wildman–Crippen MR) is 48.2 cm³/mol. The Morgan fingerprint density at radius 1 is 0.750 bits per heavy atom. The molecular formula is C8H14O8. The first-order valence-corrected chi connectivity index (χ1v) is 4.38. The van der Waals surface area contributed by atoms with E-state index in [0.717, 1.165) is 0 Å². The number of ketones is 2. The second kappa shape index (κ2) is 6.63. The predicted octanol–water partition coefficient (Wildman–Crippen LogP) is -4.45. The van der Waals surface area contributed by atoms with E-state index in [1.165, 1.54) is 0 Å². The molecule has 0 aromatic carbocycles. The molecule has 94 valence electrons. The summed E-state index contributed by atoms with van der Waals surface area (Å²) >= 11 is 0. The van der Waals surface area contributed by atoms with Crippen molar-refractivity contribution in [1.82, 2.24) is 0 Å². The molecule has 0 rings (SSSR count). The maximum absolute atomic E-state index is 11.1. The summed E-state index contributed by atoms with van der Waals surface area (Å²) in [6, 6.07) is 0. The summed E-state index contributed by atoms with van der Waals surface area (Å²) in [5, 5.41) is 52.6. The molecule has 8 heteroatoms. The number of Topliss-reactive ketones (excluding diaryl/α,β-unsaturated/α-hetero) is 2. The van der Waals surface area contributed by atoms with Crippen molar-refractivity contribution in [3.05, 3.63) is 0 Å². The van der Waals surface area contributed by atoms with Crippen molar-refractivity contribution in [2.24, 2.45) is 0 Å². The van der Waals surface area contributed by atoms with Crippen LogP contribution in [0.15, 0.2) is 0 Å². The molecule has 0 aromatic heterocycles. The lowest BCUT2D eigenvalue weighted by Crippen LogP contribution is -2.47. The molecule has 8 nitrogen and oxygen atoms in total. The highest BCUT2D eigenvalue weighted by atomic mass is 16.4. The van der Waals surface area contributed by atoms with E-state index in [1.807, 2.05) is 0 Å². The van der Waals surface area contributed by atoms with Gasteiger partial charge in [0.15, 0.2) is 0 Å². The number of hydrogen-bond acceptors (Lipinski definition) is 8. The molecule has 0 aromatic rings. The van der Waals surface area contributed by atoms with Gasteiger partial charge in [-0.15, -0.1) is 0 Å². The number of rotatable bonds is 7. The minimum atomic E-state index is -2.18. The average molecular weight is 238 g/mol. The fourth-order valence-electron chi connectivity index (χ4n) is 0.841. The van der Waals surface area contributed by atoms with Gasteiger partial charge in [-0.3, -0.25) is 9.59 Å². The first kappa shape index (κ1) is 15.1. The summed E-state index contributed by atoms with van der Waals surface area (Å²) in [7, 11) is 0. The van der Waals surface area contributed by atoms with E-state index in [1.54, 1.807) is 0 Å². The molecule has 4 unspecified atom stereocenters. The summed E-state index contributed by atoms with van der Waals surface area (Å²) in [5.41, 5.74) is 0. The van der Waals surface area contributed by atoms with E-state index < -0.39 is 49.2 Å². The van der Waals surface area contributed by atoms with Crippen LogP contribution < -0.4 is 0 Å². The Balaban J connectivity index is 4.55. The molecule has 6 N–H and O–H groups in total. The maximum atomic E-state index is 11.1. The molecule has 4 atom stereocenters. The molecule has 0 spiro atoms. The van der Waals surface area contributed by atoms with Crippen LogP contribution in [0.1, 0.15) is 0 Å². The van der Waals surface area contributed by atoms with E-state index in [2.05, 4.69) is 0 Å². The van der Waals surface area contributed by atoms with E-state index in [-0.39, 0.29) is 0 Å². The van der Waals surface area contributed by atoms with E-state index >= 15 is 0 Å². The number of hydrogen-bond donors (Lipinski definition) is 6. The maximum Gasteiger partial charge on any atom is 0.232 e. The Kier molecular flexibility index (Phi) is 6.26. The van der Waals surface area contributed by atoms with Crippen LogP contribution in [-0.4, -0.2) is 79.8 Å². The zero-order valence-electron chi connectivity index (χ0n) is 8.22. The quantitative estimate of drug-likeness (QED) is 0.243. The van der Waals surface area contributed by atoms with Crippen molar-refractivity contribution in [3.63, 3.8) is 0 Å². The number of aliphatic hydroxyl groups is 6. The summed E-state index contributed by atoms with van der Waals surface area (Å²) < 4.78 is 0. The summed E-state index contributed by atoms with van der Waals surface area (Å²) in [5.74, 6) is -3.11. The van der Waals surface area contributed by atoms with Crippen LogP contribution in [-0.2, 0) is 9.59 Å². The second-order valence-corrected chi connectivity index (χ2v) is 3.12. The first-order valence-electron chi connectivity index (χ1n) is 4.38. The Morgan fingerprint density at radius 3 is 1.19 bits per heavy atom. The molecule has 0 aliphatic rings. The molecule has 0 aliphatic carbocycles. The molecule has 0 heterocycles. The zero-order valence-corrected chi connectivity index (χ0v) is 8.22. The number of carbonyl (C=O) groups excluding carboxylic acids is 2. The lowest BCUT2D eigenvalue weighted by atomic mass is 10.0. The van der Waals surface area contributed by atoms with Crippen LogP contribution in [0.3, 0.4) is 0 Å². The van der Waals surface area contributed by atoms with Crippen LogP contribution in [0.25, 0.3) is 0 Å². The van der Waals surface area contributed by atoms with Crippen LogP contribution in [0.2, 0.25) is 0 Å². The van der Waals surface area contributed by atoms with Gasteiger partial charge in [-0.1, -0.05) is 0 Å². The van der Waals surface area contributed by atoms with Gasteiger partial charge in [0, 0.05) is 0 Å². The molecule has 0 aliphatic heterocycles. The lowest BCUT2D eigenvalue weighted by molar-refractivity contribution is -0.154. The Labute approximate surface area is 90.4 Å². The molecule has 0 amide bonds. The molecule has 0 radical (unpaired) electrons. The third-order valence-corrected chi connectivity index (χ3v) is 1.88. The monoisotopic (exact) mass is 238 g/mol. The van der Waals surface area contributed by atoms with Gasteiger partial charge < -0.3 is 30.6 Å². The highest BCUT2D eigenvalue weighted by Gasteiger charge is 2.35. The van der Waals surface area contributed by atoms with Gasteiger partial charge >= 0.3 is 0 Å². The molecular weight excluding hydrogens is 224 g/mol. The molecule has 0 fully saturated rings. The molecule has 16 heavy (non-hydrogen) atoms. The van der Waals surface area contributed by atoms with E-state index in [4.69, 9.17) is 30.6 Å². The Morgan fingerprint density at radius 2 is 1.00 bits per heavy atom. The number of aliphatic hydroxyl groups excluding tert-OH is 6. The fraction of sp³-hybridized carbons (Fsp3) is 0.750. The second-order valence-electron chi connectivity index (χ2n) is 3.12. The number of carbonyl (C=O) groups is 2. The smallest absolute Gasteiger partial charge is 0.232 e. The van der Waals surface area contributed by atoms with Crippen molar-refractivity contribution >= 4 is 11.6 Å². The summed E-state index contributed by atoms with van der Waals surface area (Å²) in [6.45, 7) is -1.89. The van der Waals surface area contributed by atoms with Crippen LogP contribution in [0.5, 0.6) is 0 Å². The molecule has 0 saturated heterocycles. The fourth-order valence-corrected chi connectivity index (χ4v) is 0.841. The Bertz CT molecular complexity index is 226. The zero-order chi connectivity index (χ0) is 12.9. The van der Waals surface area contributed by atoms with Crippen molar-refractivity contribution in [2.75, 3.05) is 13.2 Å². The van der Waals surface area contributed by atoms with E-state index in [9.17, 15) is 9.59 Å². The van der Waals surface area contributed by atoms with Gasteiger partial charge in [0.05, 0.1) is 13.2 Å². The Hall–Kier alpha value is -0.900.